The van der Waals surface area contributed by atoms with Crippen LogP contribution in [0.25, 0.3) is 0 Å². The highest BCUT2D eigenvalue weighted by molar-refractivity contribution is 5.84. The van der Waals surface area contributed by atoms with Gasteiger partial charge in [0.15, 0.2) is 5.82 Å². The molecule has 98 valence electrons. The lowest BCUT2D eigenvalue weighted by Crippen LogP contribution is -2.58. The topological polar surface area (TPSA) is 61.4 Å². The van der Waals surface area contributed by atoms with Crippen LogP contribution in [0.3, 0.4) is 0 Å². The van der Waals surface area contributed by atoms with Crippen LogP contribution >= 0.6 is 0 Å². The summed E-state index contributed by atoms with van der Waals surface area (Å²) in [6, 6.07) is -0.348. The third-order valence-corrected chi connectivity index (χ3v) is 2.83. The number of aromatic nitrogens is 2. The molecule has 1 atom stereocenters. The van der Waals surface area contributed by atoms with Crippen LogP contribution in [0.2, 0.25) is 0 Å². The number of rotatable bonds is 2. The molecule has 1 aromatic heterocycles. The van der Waals surface area contributed by atoms with E-state index < -0.39 is 5.82 Å². The zero-order valence-electron chi connectivity index (χ0n) is 10.4. The van der Waals surface area contributed by atoms with E-state index in [1.165, 1.54) is 4.90 Å². The van der Waals surface area contributed by atoms with Crippen molar-refractivity contribution in [2.24, 2.45) is 0 Å². The lowest BCUT2D eigenvalue weighted by atomic mass is 10.2. The van der Waals surface area contributed by atoms with Crippen molar-refractivity contribution in [2.75, 3.05) is 38.6 Å². The Morgan fingerprint density at radius 3 is 2.78 bits per heavy atom. The van der Waals surface area contributed by atoms with Gasteiger partial charge >= 0.3 is 0 Å². The van der Waals surface area contributed by atoms with Crippen molar-refractivity contribution >= 4 is 11.9 Å². The average Bonchev–Trinajstić information content (AvgIpc) is 2.39. The molecule has 7 heteroatoms. The maximum atomic E-state index is 12.8. The zero-order chi connectivity index (χ0) is 13.1. The third kappa shape index (κ3) is 2.56. The highest BCUT2D eigenvalue weighted by Gasteiger charge is 2.31. The predicted molar refractivity (Wildman–Crippen MR) is 64.7 cm³/mol. The molecule has 18 heavy (non-hydrogen) atoms. The largest absolute Gasteiger partial charge is 0.347 e. The van der Waals surface area contributed by atoms with Crippen molar-refractivity contribution in [1.29, 1.82) is 0 Å². The van der Waals surface area contributed by atoms with Crippen LogP contribution in [-0.4, -0.2) is 60.5 Å². The van der Waals surface area contributed by atoms with Crippen molar-refractivity contribution in [2.45, 2.75) is 6.04 Å². The molecule has 6 nitrogen and oxygen atoms in total. The Morgan fingerprint density at radius 1 is 1.50 bits per heavy atom. The first-order chi connectivity index (χ1) is 8.59. The second kappa shape index (κ2) is 5.26. The van der Waals surface area contributed by atoms with Crippen LogP contribution in [0, 0.1) is 5.82 Å². The van der Waals surface area contributed by atoms with Gasteiger partial charge in [-0.3, -0.25) is 4.79 Å². The highest BCUT2D eigenvalue weighted by atomic mass is 19.1. The van der Waals surface area contributed by atoms with E-state index in [-0.39, 0.29) is 11.9 Å². The summed E-state index contributed by atoms with van der Waals surface area (Å²) < 4.78 is 12.8. The monoisotopic (exact) mass is 253 g/mol. The lowest BCUT2D eigenvalue weighted by Gasteiger charge is -2.36. The number of amides is 1. The summed E-state index contributed by atoms with van der Waals surface area (Å²) in [4.78, 5) is 23.3. The molecular weight excluding hydrogens is 237 g/mol. The summed E-state index contributed by atoms with van der Waals surface area (Å²) >= 11 is 0. The van der Waals surface area contributed by atoms with Gasteiger partial charge < -0.3 is 15.1 Å². The molecule has 1 aromatic rings. The number of likely N-dealkylation sites (N-methyl/N-ethyl adjacent to an activating group) is 1. The van der Waals surface area contributed by atoms with Crippen molar-refractivity contribution in [3.8, 4) is 0 Å². The number of halogens is 1. The van der Waals surface area contributed by atoms with E-state index in [0.717, 1.165) is 18.9 Å². The Labute approximate surface area is 105 Å². The molecule has 0 aliphatic carbocycles. The van der Waals surface area contributed by atoms with Gasteiger partial charge in [-0.15, -0.1) is 0 Å². The van der Waals surface area contributed by atoms with Gasteiger partial charge in [0, 0.05) is 33.7 Å². The number of hydrogen-bond acceptors (Lipinski definition) is 5. The molecule has 2 heterocycles. The molecule has 0 spiro atoms. The first-order valence-corrected chi connectivity index (χ1v) is 5.75. The Morgan fingerprint density at radius 2 is 2.17 bits per heavy atom. The molecule has 0 bridgehead atoms. The molecule has 0 radical (unpaired) electrons. The maximum absolute atomic E-state index is 12.8. The molecule has 1 aliphatic rings. The molecule has 1 aliphatic heterocycles. The third-order valence-electron chi connectivity index (χ3n) is 2.83. The van der Waals surface area contributed by atoms with Gasteiger partial charge in [0.2, 0.25) is 11.9 Å². The molecule has 1 saturated heterocycles. The van der Waals surface area contributed by atoms with Gasteiger partial charge in [0.05, 0.1) is 12.4 Å². The smallest absolute Gasteiger partial charge is 0.246 e. The molecule has 0 saturated carbocycles. The number of nitrogens with one attached hydrogen (secondary N) is 1. The van der Waals surface area contributed by atoms with Crippen LogP contribution in [0.15, 0.2) is 12.4 Å². The maximum Gasteiger partial charge on any atom is 0.246 e. The number of nitrogens with zero attached hydrogens (tertiary/aromatic N) is 4. The molecule has 1 fully saturated rings. The lowest BCUT2D eigenvalue weighted by molar-refractivity contribution is -0.130. The Hall–Kier alpha value is -1.76. The molecule has 1 amide bonds. The van der Waals surface area contributed by atoms with E-state index in [0.29, 0.717) is 19.0 Å². The minimum atomic E-state index is -0.482. The quantitative estimate of drug-likeness (QED) is 0.768. The van der Waals surface area contributed by atoms with Crippen LogP contribution in [0.5, 0.6) is 0 Å². The van der Waals surface area contributed by atoms with E-state index in [2.05, 4.69) is 15.3 Å². The SMILES string of the molecule is CN(C)C(=O)C1CNCCN1c1ncc(F)cn1. The number of carbonyl (C=O) groups is 1. The Balaban J connectivity index is 2.22. The molecule has 1 unspecified atom stereocenters. The zero-order valence-corrected chi connectivity index (χ0v) is 10.4. The summed E-state index contributed by atoms with van der Waals surface area (Å²) in [7, 11) is 3.42. The van der Waals surface area contributed by atoms with Gasteiger partial charge in [0.25, 0.3) is 0 Å². The van der Waals surface area contributed by atoms with Crippen LogP contribution in [-0.2, 0) is 4.79 Å². The number of hydrogen-bond donors (Lipinski definition) is 1. The minimum Gasteiger partial charge on any atom is -0.347 e. The van der Waals surface area contributed by atoms with E-state index in [1.807, 2.05) is 0 Å². The molecule has 2 rings (SSSR count). The van der Waals surface area contributed by atoms with Crippen molar-refractivity contribution in [3.63, 3.8) is 0 Å². The summed E-state index contributed by atoms with van der Waals surface area (Å²) in [5.74, 6) is -0.113. The molecule has 0 aromatic carbocycles. The number of carbonyl (C=O) groups excluding carboxylic acids is 1. The summed E-state index contributed by atoms with van der Waals surface area (Å²) in [5.41, 5.74) is 0. The van der Waals surface area contributed by atoms with Crippen molar-refractivity contribution in [1.82, 2.24) is 20.2 Å². The van der Waals surface area contributed by atoms with Crippen molar-refractivity contribution < 1.29 is 9.18 Å². The molecular formula is C11H16FN5O. The average molecular weight is 253 g/mol. The van der Waals surface area contributed by atoms with Crippen LogP contribution in [0.1, 0.15) is 0 Å². The van der Waals surface area contributed by atoms with Crippen LogP contribution < -0.4 is 10.2 Å². The van der Waals surface area contributed by atoms with E-state index in [4.69, 9.17) is 0 Å². The Kier molecular flexibility index (Phi) is 3.71. The van der Waals surface area contributed by atoms with Gasteiger partial charge in [-0.25, -0.2) is 14.4 Å². The highest BCUT2D eigenvalue weighted by Crippen LogP contribution is 2.14. The van der Waals surface area contributed by atoms with Gasteiger partial charge in [-0.1, -0.05) is 0 Å². The fourth-order valence-electron chi connectivity index (χ4n) is 1.92. The van der Waals surface area contributed by atoms with Gasteiger partial charge in [0.1, 0.15) is 6.04 Å². The van der Waals surface area contributed by atoms with E-state index in [9.17, 15) is 9.18 Å². The second-order valence-electron chi connectivity index (χ2n) is 4.35. The van der Waals surface area contributed by atoms with E-state index in [1.54, 1.807) is 19.0 Å². The number of anilines is 1. The van der Waals surface area contributed by atoms with E-state index >= 15 is 0 Å². The standard InChI is InChI=1S/C11H16FN5O/c1-16(2)10(18)9-7-13-3-4-17(9)11-14-5-8(12)6-15-11/h5-6,9,13H,3-4,7H2,1-2H3. The fraction of sp³-hybridized carbons (Fsp3) is 0.545. The summed E-state index contributed by atoms with van der Waals surface area (Å²) in [5, 5.41) is 3.16. The molecule has 1 N–H and O–H groups in total. The fourth-order valence-corrected chi connectivity index (χ4v) is 1.92. The van der Waals surface area contributed by atoms with Gasteiger partial charge in [-0.2, -0.15) is 0 Å². The summed E-state index contributed by atoms with van der Waals surface area (Å²) in [6.07, 6.45) is 2.23. The normalized spacial score (nSPS) is 19.7. The Bertz CT molecular complexity index is 422. The predicted octanol–water partition coefficient (Wildman–Crippen LogP) is -0.518. The van der Waals surface area contributed by atoms with Crippen LogP contribution in [0.4, 0.5) is 10.3 Å². The first-order valence-electron chi connectivity index (χ1n) is 5.75. The summed E-state index contributed by atoms with van der Waals surface area (Å²) in [6.45, 7) is 1.91. The van der Waals surface area contributed by atoms with Crippen molar-refractivity contribution in [3.05, 3.63) is 18.2 Å². The number of piperazine rings is 1. The minimum absolute atomic E-state index is 0.0184. The first kappa shape index (κ1) is 12.7. The second-order valence-corrected chi connectivity index (χ2v) is 4.35. The van der Waals surface area contributed by atoms with Gasteiger partial charge in [-0.05, 0) is 0 Å².